The summed E-state index contributed by atoms with van der Waals surface area (Å²) in [6, 6.07) is 4.00. The van der Waals surface area contributed by atoms with E-state index in [-0.39, 0.29) is 5.57 Å². The lowest BCUT2D eigenvalue weighted by Gasteiger charge is -2.28. The van der Waals surface area contributed by atoms with Gasteiger partial charge in [-0.2, -0.15) is 13.2 Å². The van der Waals surface area contributed by atoms with Crippen LogP contribution in [0.2, 0.25) is 0 Å². The Morgan fingerprint density at radius 2 is 2.24 bits per heavy atom. The minimum atomic E-state index is -4.33. The molecule has 0 spiro atoms. The van der Waals surface area contributed by atoms with Gasteiger partial charge < -0.3 is 10.2 Å². The standard InChI is InChI=1S/C15H16F3N3/c1-9(7-10(2)15(16,17)18)12-3-4-13-14(20-12)19-11-5-6-21(13)8-11/h3-4,7,11H,1,5-6,8H2,2H3,(H,19,20)/b10-7+. The van der Waals surface area contributed by atoms with Crippen LogP contribution in [-0.2, 0) is 0 Å². The fourth-order valence-corrected chi connectivity index (χ4v) is 2.70. The van der Waals surface area contributed by atoms with Crippen LogP contribution in [0, 0.1) is 0 Å². The number of rotatable bonds is 2. The first-order chi connectivity index (χ1) is 9.84. The van der Waals surface area contributed by atoms with Gasteiger partial charge in [-0.05, 0) is 37.1 Å². The average Bonchev–Trinajstić information content (AvgIpc) is 2.79. The van der Waals surface area contributed by atoms with Crippen LogP contribution in [-0.4, -0.2) is 30.3 Å². The molecule has 0 amide bonds. The van der Waals surface area contributed by atoms with E-state index >= 15 is 0 Å². The molecule has 3 nitrogen and oxygen atoms in total. The molecule has 1 saturated heterocycles. The molecule has 3 rings (SSSR count). The first kappa shape index (κ1) is 14.0. The minimum absolute atomic E-state index is 0.266. The van der Waals surface area contributed by atoms with Gasteiger partial charge in [0.25, 0.3) is 0 Å². The Kier molecular flexibility index (Phi) is 3.19. The Labute approximate surface area is 121 Å². The zero-order valence-electron chi connectivity index (χ0n) is 11.7. The van der Waals surface area contributed by atoms with Crippen molar-refractivity contribution in [2.45, 2.75) is 25.6 Å². The number of halogens is 3. The zero-order chi connectivity index (χ0) is 15.2. The number of pyridine rings is 1. The largest absolute Gasteiger partial charge is 0.412 e. The molecular formula is C15H16F3N3. The number of nitrogens with one attached hydrogen (secondary N) is 1. The molecule has 1 fully saturated rings. The third-order valence-electron chi connectivity index (χ3n) is 3.91. The summed E-state index contributed by atoms with van der Waals surface area (Å²) in [7, 11) is 0. The van der Waals surface area contributed by atoms with Crippen molar-refractivity contribution in [2.75, 3.05) is 23.3 Å². The summed E-state index contributed by atoms with van der Waals surface area (Å²) in [5, 5.41) is 3.33. The van der Waals surface area contributed by atoms with E-state index in [0.29, 0.717) is 11.7 Å². The molecule has 1 unspecified atom stereocenters. The molecular weight excluding hydrogens is 279 g/mol. The number of aromatic nitrogens is 1. The lowest BCUT2D eigenvalue weighted by molar-refractivity contribution is -0.0912. The van der Waals surface area contributed by atoms with Gasteiger partial charge in [-0.25, -0.2) is 4.98 Å². The van der Waals surface area contributed by atoms with Crippen LogP contribution in [0.25, 0.3) is 5.57 Å². The summed E-state index contributed by atoms with van der Waals surface area (Å²) in [5.41, 5.74) is 1.07. The minimum Gasteiger partial charge on any atom is -0.366 e. The quantitative estimate of drug-likeness (QED) is 0.845. The summed E-state index contributed by atoms with van der Waals surface area (Å²) in [6.45, 7) is 6.68. The molecule has 21 heavy (non-hydrogen) atoms. The van der Waals surface area contributed by atoms with E-state index in [2.05, 4.69) is 21.8 Å². The van der Waals surface area contributed by atoms with Gasteiger partial charge in [0.15, 0.2) is 5.82 Å². The Morgan fingerprint density at radius 1 is 1.48 bits per heavy atom. The van der Waals surface area contributed by atoms with Crippen LogP contribution >= 0.6 is 0 Å². The highest BCUT2D eigenvalue weighted by molar-refractivity contribution is 5.77. The second-order valence-corrected chi connectivity index (χ2v) is 5.49. The van der Waals surface area contributed by atoms with Gasteiger partial charge in [0.1, 0.15) is 0 Å². The molecule has 2 aliphatic heterocycles. The van der Waals surface area contributed by atoms with Crippen molar-refractivity contribution in [2.24, 2.45) is 0 Å². The number of nitrogens with zero attached hydrogens (tertiary/aromatic N) is 2. The predicted molar refractivity (Wildman–Crippen MR) is 77.3 cm³/mol. The van der Waals surface area contributed by atoms with E-state index in [9.17, 15) is 13.2 Å². The normalized spacial score (nSPS) is 21.0. The number of anilines is 2. The number of allylic oxidation sites excluding steroid dienone is 3. The third kappa shape index (κ3) is 2.62. The van der Waals surface area contributed by atoms with Crippen molar-refractivity contribution in [3.05, 3.63) is 36.1 Å². The van der Waals surface area contributed by atoms with Gasteiger partial charge in [0, 0.05) is 24.7 Å². The van der Waals surface area contributed by atoms with Gasteiger partial charge >= 0.3 is 6.18 Å². The summed E-state index contributed by atoms with van der Waals surface area (Å²) in [5.74, 6) is 0.737. The van der Waals surface area contributed by atoms with Crippen molar-refractivity contribution in [3.63, 3.8) is 0 Å². The average molecular weight is 295 g/mol. The fourth-order valence-electron chi connectivity index (χ4n) is 2.70. The van der Waals surface area contributed by atoms with Crippen LogP contribution in [0.3, 0.4) is 0 Å². The maximum absolute atomic E-state index is 12.6. The fraction of sp³-hybridized carbons (Fsp3) is 0.400. The van der Waals surface area contributed by atoms with E-state index in [1.165, 1.54) is 0 Å². The van der Waals surface area contributed by atoms with Crippen molar-refractivity contribution in [3.8, 4) is 0 Å². The van der Waals surface area contributed by atoms with Gasteiger partial charge in [-0.1, -0.05) is 6.58 Å². The molecule has 1 aromatic heterocycles. The molecule has 2 bridgehead atoms. The highest BCUT2D eigenvalue weighted by Gasteiger charge is 2.31. The lowest BCUT2D eigenvalue weighted by atomic mass is 10.1. The molecule has 112 valence electrons. The first-order valence-corrected chi connectivity index (χ1v) is 6.82. The van der Waals surface area contributed by atoms with Crippen molar-refractivity contribution in [1.29, 1.82) is 0 Å². The Balaban J connectivity index is 1.88. The third-order valence-corrected chi connectivity index (χ3v) is 3.91. The van der Waals surface area contributed by atoms with Gasteiger partial charge in [-0.15, -0.1) is 0 Å². The van der Waals surface area contributed by atoms with Crippen molar-refractivity contribution < 1.29 is 13.2 Å². The monoisotopic (exact) mass is 295 g/mol. The summed E-state index contributed by atoms with van der Waals surface area (Å²) in [4.78, 5) is 6.67. The first-order valence-electron chi connectivity index (χ1n) is 6.82. The van der Waals surface area contributed by atoms with Crippen molar-refractivity contribution in [1.82, 2.24) is 4.98 Å². The number of fused-ring (bicyclic) bond motifs is 4. The number of hydrogen-bond donors (Lipinski definition) is 1. The second kappa shape index (κ2) is 4.79. The molecule has 0 saturated carbocycles. The maximum Gasteiger partial charge on any atom is 0.412 e. The van der Waals surface area contributed by atoms with Crippen LogP contribution in [0.15, 0.2) is 30.4 Å². The topological polar surface area (TPSA) is 28.2 Å². The van der Waals surface area contributed by atoms with Gasteiger partial charge in [-0.3, -0.25) is 0 Å². The summed E-state index contributed by atoms with van der Waals surface area (Å²) in [6.07, 6.45) is -2.24. The van der Waals surface area contributed by atoms with Gasteiger partial charge in [0.05, 0.1) is 11.4 Å². The Bertz CT molecular complexity index is 619. The highest BCUT2D eigenvalue weighted by Crippen LogP contribution is 2.35. The van der Waals surface area contributed by atoms with E-state index in [1.807, 2.05) is 6.07 Å². The molecule has 0 aliphatic carbocycles. The van der Waals surface area contributed by atoms with E-state index in [0.717, 1.165) is 44.0 Å². The van der Waals surface area contributed by atoms with Crippen LogP contribution in [0.4, 0.5) is 24.7 Å². The molecule has 0 aromatic carbocycles. The highest BCUT2D eigenvalue weighted by atomic mass is 19.4. The number of alkyl halides is 3. The molecule has 0 radical (unpaired) electrons. The number of hydrogen-bond acceptors (Lipinski definition) is 3. The van der Waals surface area contributed by atoms with E-state index in [4.69, 9.17) is 0 Å². The molecule has 2 aliphatic rings. The van der Waals surface area contributed by atoms with E-state index < -0.39 is 11.7 Å². The summed E-state index contributed by atoms with van der Waals surface area (Å²) >= 11 is 0. The lowest BCUT2D eigenvalue weighted by Crippen LogP contribution is -2.32. The molecule has 1 aromatic rings. The van der Waals surface area contributed by atoms with Gasteiger partial charge in [0.2, 0.25) is 0 Å². The van der Waals surface area contributed by atoms with Crippen molar-refractivity contribution >= 4 is 17.1 Å². The van der Waals surface area contributed by atoms with E-state index in [1.54, 1.807) is 6.07 Å². The summed E-state index contributed by atoms with van der Waals surface area (Å²) < 4.78 is 37.7. The predicted octanol–water partition coefficient (Wildman–Crippen LogP) is 3.61. The Hall–Kier alpha value is -1.98. The van der Waals surface area contributed by atoms with Crippen LogP contribution in [0.1, 0.15) is 19.0 Å². The molecule has 1 N–H and O–H groups in total. The molecule has 3 heterocycles. The zero-order valence-corrected chi connectivity index (χ0v) is 11.7. The molecule has 6 heteroatoms. The second-order valence-electron chi connectivity index (χ2n) is 5.49. The van der Waals surface area contributed by atoms with Crippen LogP contribution in [0.5, 0.6) is 0 Å². The Morgan fingerprint density at radius 3 is 2.95 bits per heavy atom. The SMILES string of the molecule is C=C(/C=C(\C)C(F)(F)F)c1ccc2c(n1)NC1CCN2C1. The maximum atomic E-state index is 12.6. The smallest absolute Gasteiger partial charge is 0.366 e. The molecule has 1 atom stereocenters. The van der Waals surface area contributed by atoms with Crippen LogP contribution < -0.4 is 10.2 Å².